The van der Waals surface area contributed by atoms with E-state index < -0.39 is 53.0 Å². The minimum absolute atomic E-state index is 0.0835. The summed E-state index contributed by atoms with van der Waals surface area (Å²) < 4.78 is 5.92. The summed E-state index contributed by atoms with van der Waals surface area (Å²) in [7, 11) is 0. The highest BCUT2D eigenvalue weighted by Crippen LogP contribution is 2.33. The molecular weight excluding hydrogens is 785 g/mol. The Morgan fingerprint density at radius 2 is 1.75 bits per heavy atom. The van der Waals surface area contributed by atoms with Crippen LogP contribution in [0.3, 0.4) is 0 Å². The number of unbranched alkanes of at least 4 members (excludes halogenated alkanes) is 3. The fourth-order valence-electron chi connectivity index (χ4n) is 8.07. The Morgan fingerprint density at radius 1 is 1.07 bits per heavy atom. The summed E-state index contributed by atoms with van der Waals surface area (Å²) in [5.41, 5.74) is 4.88. The summed E-state index contributed by atoms with van der Waals surface area (Å²) in [4.78, 5) is 76.3. The molecule has 1 aliphatic rings. The maximum absolute atomic E-state index is 15.0. The van der Waals surface area contributed by atoms with Crippen molar-refractivity contribution in [1.82, 2.24) is 25.4 Å². The van der Waals surface area contributed by atoms with Crippen LogP contribution < -0.4 is 16.4 Å². The molecule has 15 heteroatoms. The van der Waals surface area contributed by atoms with E-state index in [4.69, 9.17) is 10.5 Å². The Balaban J connectivity index is 1.96. The quantitative estimate of drug-likeness (QED) is 0.0541. The Morgan fingerprint density at radius 3 is 2.33 bits per heavy atom. The van der Waals surface area contributed by atoms with E-state index in [0.717, 1.165) is 44.2 Å². The van der Waals surface area contributed by atoms with Gasteiger partial charge in [-0.25, -0.2) is 4.98 Å². The predicted molar refractivity (Wildman–Crippen MR) is 234 cm³/mol. The van der Waals surface area contributed by atoms with Gasteiger partial charge < -0.3 is 36.2 Å². The van der Waals surface area contributed by atoms with Crippen molar-refractivity contribution in [2.24, 2.45) is 23.0 Å². The molecule has 1 unspecified atom stereocenters. The van der Waals surface area contributed by atoms with Gasteiger partial charge in [-0.2, -0.15) is 0 Å². The number of ether oxygens (including phenoxy) is 1. The maximum atomic E-state index is 15.0. The second-order valence-corrected chi connectivity index (χ2v) is 18.6. The molecule has 14 nitrogen and oxygen atoms in total. The van der Waals surface area contributed by atoms with Crippen LogP contribution in [0.25, 0.3) is 0 Å². The summed E-state index contributed by atoms with van der Waals surface area (Å²) in [6, 6.07) is 4.74. The molecule has 1 fully saturated rings. The Hall–Kier alpha value is -4.08. The molecule has 2 aromatic rings. The van der Waals surface area contributed by atoms with Gasteiger partial charge in [0.05, 0.1) is 11.0 Å². The van der Waals surface area contributed by atoms with Crippen molar-refractivity contribution in [1.29, 1.82) is 0 Å². The lowest BCUT2D eigenvalue weighted by molar-refractivity contribution is -0.150. The summed E-state index contributed by atoms with van der Waals surface area (Å²) in [6.07, 6.45) is 5.70. The van der Waals surface area contributed by atoms with E-state index in [1.165, 1.54) is 30.4 Å². The van der Waals surface area contributed by atoms with Crippen molar-refractivity contribution in [3.05, 3.63) is 45.9 Å². The molecule has 336 valence electrons. The first-order chi connectivity index (χ1) is 28.3. The van der Waals surface area contributed by atoms with Crippen LogP contribution in [0.1, 0.15) is 147 Å². The van der Waals surface area contributed by atoms with Gasteiger partial charge in [0.2, 0.25) is 11.8 Å². The van der Waals surface area contributed by atoms with Crippen molar-refractivity contribution in [3.63, 3.8) is 0 Å². The molecule has 60 heavy (non-hydrogen) atoms. The van der Waals surface area contributed by atoms with Gasteiger partial charge in [-0.05, 0) is 89.0 Å². The summed E-state index contributed by atoms with van der Waals surface area (Å²) in [6.45, 7) is 18.9. The molecule has 1 aromatic heterocycles. The first-order valence-electron chi connectivity index (χ1n) is 21.8. The first kappa shape index (κ1) is 50.3. The van der Waals surface area contributed by atoms with Crippen LogP contribution in [-0.2, 0) is 30.3 Å². The lowest BCUT2D eigenvalue weighted by Gasteiger charge is -2.41. The highest BCUT2D eigenvalue weighted by Gasteiger charge is 2.45. The van der Waals surface area contributed by atoms with Gasteiger partial charge in [-0.15, -0.1) is 11.3 Å². The number of thiazole rings is 1. The molecule has 1 saturated heterocycles. The number of likely N-dealkylation sites (tertiary alicyclic amines) is 1. The van der Waals surface area contributed by atoms with Crippen LogP contribution in [0.5, 0.6) is 5.75 Å². The number of hydrogen-bond donors (Lipinski definition) is 5. The molecule has 1 aromatic carbocycles. The summed E-state index contributed by atoms with van der Waals surface area (Å²) >= 11 is 1.17. The number of nitrogens with zero attached hydrogens (tertiary/aromatic N) is 3. The number of hydrogen-bond acceptors (Lipinski definition) is 11. The highest BCUT2D eigenvalue weighted by molar-refractivity contribution is 7.09. The van der Waals surface area contributed by atoms with E-state index >= 15 is 0 Å². The molecule has 0 radical (unpaired) electrons. The molecular formula is C45H72N6O8S. The van der Waals surface area contributed by atoms with Crippen molar-refractivity contribution in [3.8, 4) is 5.75 Å². The lowest BCUT2D eigenvalue weighted by atomic mass is 9.84. The molecule has 0 saturated carbocycles. The second-order valence-electron chi connectivity index (χ2n) is 17.7. The normalized spacial score (nSPS) is 18.3. The summed E-state index contributed by atoms with van der Waals surface area (Å²) in [5.74, 6) is -2.55. The minimum atomic E-state index is -1.15. The molecule has 0 spiro atoms. The number of aliphatic carboxylic acids is 1. The van der Waals surface area contributed by atoms with Crippen LogP contribution in [0.4, 0.5) is 0 Å². The monoisotopic (exact) mass is 857 g/mol. The van der Waals surface area contributed by atoms with Crippen LogP contribution in [0, 0.1) is 17.3 Å². The number of phenolic OH excluding ortho intramolecular Hbond substituents is 1. The van der Waals surface area contributed by atoms with E-state index in [2.05, 4.69) is 27.4 Å². The number of benzene rings is 1. The molecule has 3 amide bonds. The third kappa shape index (κ3) is 14.0. The fourth-order valence-corrected chi connectivity index (χ4v) is 8.91. The molecule has 0 bridgehead atoms. The van der Waals surface area contributed by atoms with Crippen molar-refractivity contribution >= 4 is 41.0 Å². The topological polar surface area (TPSA) is 204 Å². The van der Waals surface area contributed by atoms with Crippen LogP contribution in [-0.4, -0.2) is 105 Å². The maximum Gasteiger partial charge on any atom is 0.309 e. The Bertz CT molecular complexity index is 1720. The fraction of sp³-hybridized carbons (Fsp3) is 0.689. The molecule has 2 heterocycles. The minimum Gasteiger partial charge on any atom is -0.508 e. The zero-order chi connectivity index (χ0) is 44.8. The predicted octanol–water partition coefficient (Wildman–Crippen LogP) is 6.46. The van der Waals surface area contributed by atoms with Gasteiger partial charge in [0.1, 0.15) is 22.5 Å². The number of esters is 1. The average Bonchev–Trinajstić information content (AvgIpc) is 3.84. The number of aromatic hydroxyl groups is 1. The Kier molecular flexibility index (Phi) is 19.5. The number of carbonyl (C=O) groups excluding carboxylic acids is 4. The zero-order valence-electron chi connectivity index (χ0n) is 37.4. The van der Waals surface area contributed by atoms with Crippen LogP contribution in [0.15, 0.2) is 29.6 Å². The van der Waals surface area contributed by atoms with Crippen molar-refractivity contribution < 1.29 is 38.9 Å². The van der Waals surface area contributed by atoms with Crippen molar-refractivity contribution in [2.45, 2.75) is 156 Å². The second kappa shape index (κ2) is 23.2. The van der Waals surface area contributed by atoms with E-state index in [1.807, 2.05) is 39.5 Å². The SMILES string of the molecule is CCCCCCN(C(=O)[C@@H](NC(=O)C1(C)CCCN1CCN)[C@@H](C)CC)[C@H](C[C@@H](OC(C)=O)c1nc(C(=O)N[C@@H](Cc2ccc(O)cc2)CC(C)(C)C(=O)O)cs1)C(C)C. The molecule has 3 rings (SSSR count). The van der Waals surface area contributed by atoms with E-state index in [1.54, 1.807) is 31.4 Å². The van der Waals surface area contributed by atoms with Gasteiger partial charge in [-0.1, -0.05) is 72.4 Å². The number of carboxylic acids is 1. The number of nitrogens with two attached hydrogens (primary N) is 1. The van der Waals surface area contributed by atoms with Gasteiger partial charge in [-0.3, -0.25) is 28.9 Å². The number of aromatic nitrogens is 1. The Labute approximate surface area is 361 Å². The first-order valence-corrected chi connectivity index (χ1v) is 22.7. The average molecular weight is 857 g/mol. The van der Waals surface area contributed by atoms with E-state index in [9.17, 15) is 34.2 Å². The lowest BCUT2D eigenvalue weighted by Crippen LogP contribution is -2.61. The van der Waals surface area contributed by atoms with Crippen LogP contribution in [0.2, 0.25) is 0 Å². The number of amides is 3. The number of carbonyl (C=O) groups is 5. The van der Waals surface area contributed by atoms with Gasteiger partial charge in [0.25, 0.3) is 5.91 Å². The third-order valence-electron chi connectivity index (χ3n) is 12.0. The van der Waals surface area contributed by atoms with Crippen LogP contribution >= 0.6 is 11.3 Å². The number of phenols is 1. The largest absolute Gasteiger partial charge is 0.508 e. The van der Waals surface area contributed by atoms with Gasteiger partial charge >= 0.3 is 11.9 Å². The van der Waals surface area contributed by atoms with E-state index in [-0.39, 0.29) is 47.9 Å². The van der Waals surface area contributed by atoms with Crippen molar-refractivity contribution in [2.75, 3.05) is 26.2 Å². The number of nitrogens with one attached hydrogen (secondary N) is 2. The highest BCUT2D eigenvalue weighted by atomic mass is 32.1. The molecule has 0 aliphatic carbocycles. The van der Waals surface area contributed by atoms with Gasteiger partial charge in [0.15, 0.2) is 6.10 Å². The molecule has 6 atom stereocenters. The molecule has 1 aliphatic heterocycles. The smallest absolute Gasteiger partial charge is 0.309 e. The number of carboxylic acid groups (broad SMARTS) is 1. The van der Waals surface area contributed by atoms with E-state index in [0.29, 0.717) is 43.9 Å². The zero-order valence-corrected chi connectivity index (χ0v) is 38.2. The molecule has 6 N–H and O–H groups in total. The standard InChI is InChI=1S/C45H72N6O8S/c1-10-12-13-14-23-51(41(55)38(30(5)11-2)49-42(56)45(9)20-15-22-50(45)24-21-46)36(29(3)4)26-37(59-31(6)52)40-48-35(28-60-40)39(54)47-33(27-44(7,8)43(57)58)25-32-16-18-34(53)19-17-32/h16-19,28-30,33,36-38,53H,10-15,20-27,46H2,1-9H3,(H,47,54)(H,49,56)(H,57,58)/t30-,33-,36+,37+,38-,45?/m0/s1. The van der Waals surface area contributed by atoms with Gasteiger partial charge in [0, 0.05) is 50.4 Å². The number of rotatable bonds is 25. The summed E-state index contributed by atoms with van der Waals surface area (Å²) in [5, 5.41) is 27.8. The third-order valence-corrected chi connectivity index (χ3v) is 13.0.